The lowest BCUT2D eigenvalue weighted by molar-refractivity contribution is -0.122. The second kappa shape index (κ2) is 8.65. The summed E-state index contributed by atoms with van der Waals surface area (Å²) in [4.78, 5) is 25.3. The average Bonchev–Trinajstić information content (AvgIpc) is 3.47. The molecule has 2 aromatic heterocycles. The van der Waals surface area contributed by atoms with Crippen LogP contribution in [0.3, 0.4) is 0 Å². The van der Waals surface area contributed by atoms with Crippen LogP contribution in [0.4, 0.5) is 0 Å². The number of fused-ring (bicyclic) bond motifs is 2. The molecule has 4 aromatic rings. The van der Waals surface area contributed by atoms with Gasteiger partial charge in [0.25, 0.3) is 5.56 Å². The maximum Gasteiger partial charge on any atom is 0.293 e. The van der Waals surface area contributed by atoms with Gasteiger partial charge in [-0.05, 0) is 55.0 Å². The smallest absolute Gasteiger partial charge is 0.293 e. The first-order valence-electron chi connectivity index (χ1n) is 10.4. The van der Waals surface area contributed by atoms with Crippen LogP contribution in [0.15, 0.2) is 59.7 Å². The van der Waals surface area contributed by atoms with Gasteiger partial charge in [-0.2, -0.15) is 10.2 Å². The van der Waals surface area contributed by atoms with Crippen LogP contribution in [0.2, 0.25) is 0 Å². The van der Waals surface area contributed by atoms with Crippen LogP contribution in [0.25, 0.3) is 16.8 Å². The highest BCUT2D eigenvalue weighted by Gasteiger charge is 2.15. The molecule has 1 aliphatic heterocycles. The van der Waals surface area contributed by atoms with Crippen molar-refractivity contribution < 1.29 is 19.0 Å². The fraction of sp³-hybridized carbons (Fsp3) is 0.217. The topological polar surface area (TPSA) is 109 Å². The highest BCUT2D eigenvalue weighted by Crippen LogP contribution is 2.32. The van der Waals surface area contributed by atoms with Crippen molar-refractivity contribution in [2.45, 2.75) is 20.0 Å². The summed E-state index contributed by atoms with van der Waals surface area (Å²) < 4.78 is 18.6. The number of rotatable bonds is 7. The third-order valence-corrected chi connectivity index (χ3v) is 5.17. The molecule has 0 fully saturated rings. The lowest BCUT2D eigenvalue weighted by Crippen LogP contribution is -2.34. The van der Waals surface area contributed by atoms with Gasteiger partial charge in [-0.3, -0.25) is 9.59 Å². The molecule has 33 heavy (non-hydrogen) atoms. The summed E-state index contributed by atoms with van der Waals surface area (Å²) in [6, 6.07) is 14.6. The van der Waals surface area contributed by atoms with Crippen molar-refractivity contribution in [1.29, 1.82) is 0 Å². The van der Waals surface area contributed by atoms with E-state index in [0.717, 1.165) is 21.6 Å². The van der Waals surface area contributed by atoms with Crippen LogP contribution >= 0.6 is 0 Å². The monoisotopic (exact) mass is 447 g/mol. The van der Waals surface area contributed by atoms with E-state index in [4.69, 9.17) is 14.2 Å². The van der Waals surface area contributed by atoms with Crippen LogP contribution < -0.4 is 25.1 Å². The lowest BCUT2D eigenvalue weighted by atomic mass is 10.1. The number of amides is 1. The van der Waals surface area contributed by atoms with Crippen molar-refractivity contribution in [2.24, 2.45) is 0 Å². The molecule has 0 spiro atoms. The molecule has 1 amide bonds. The van der Waals surface area contributed by atoms with Crippen LogP contribution in [0.5, 0.6) is 17.2 Å². The van der Waals surface area contributed by atoms with E-state index in [0.29, 0.717) is 35.9 Å². The summed E-state index contributed by atoms with van der Waals surface area (Å²) in [5.41, 5.74) is 2.26. The van der Waals surface area contributed by atoms with E-state index in [1.165, 1.54) is 10.8 Å². The van der Waals surface area contributed by atoms with E-state index in [9.17, 15) is 9.59 Å². The van der Waals surface area contributed by atoms with Crippen molar-refractivity contribution in [2.75, 3.05) is 13.4 Å². The molecule has 0 unspecified atom stereocenters. The van der Waals surface area contributed by atoms with Gasteiger partial charge in [0.05, 0.1) is 12.3 Å². The molecule has 1 N–H and O–H groups in total. The molecule has 168 valence electrons. The number of carbonyl (C=O) groups excluding carboxylic acids is 1. The number of aromatic nitrogens is 4. The zero-order chi connectivity index (χ0) is 22.8. The second-order valence-electron chi connectivity index (χ2n) is 7.37. The number of nitrogens with zero attached hydrogens (tertiary/aromatic N) is 4. The Morgan fingerprint density at radius 1 is 1.12 bits per heavy atom. The highest BCUT2D eigenvalue weighted by atomic mass is 16.7. The highest BCUT2D eigenvalue weighted by molar-refractivity contribution is 5.75. The fourth-order valence-corrected chi connectivity index (χ4v) is 3.52. The quantitative estimate of drug-likeness (QED) is 0.462. The first-order valence-corrected chi connectivity index (χ1v) is 10.4. The Labute approximate surface area is 188 Å². The van der Waals surface area contributed by atoms with E-state index in [-0.39, 0.29) is 19.2 Å². The molecule has 10 heteroatoms. The minimum Gasteiger partial charge on any atom is -0.494 e. The fourth-order valence-electron chi connectivity index (χ4n) is 3.52. The Balaban J connectivity index is 1.29. The molecular weight excluding hydrogens is 426 g/mol. The lowest BCUT2D eigenvalue weighted by Gasteiger charge is -2.07. The maximum absolute atomic E-state index is 12.9. The van der Waals surface area contributed by atoms with E-state index >= 15 is 0 Å². The molecular formula is C23H21N5O5. The van der Waals surface area contributed by atoms with E-state index in [2.05, 4.69) is 15.5 Å². The third kappa shape index (κ3) is 4.22. The van der Waals surface area contributed by atoms with Gasteiger partial charge in [0.15, 0.2) is 11.5 Å². The Bertz CT molecular complexity index is 1380. The first kappa shape index (κ1) is 20.6. The van der Waals surface area contributed by atoms with Crippen LogP contribution in [0.1, 0.15) is 12.5 Å². The van der Waals surface area contributed by atoms with E-state index < -0.39 is 5.56 Å². The van der Waals surface area contributed by atoms with Gasteiger partial charge >= 0.3 is 0 Å². The Morgan fingerprint density at radius 2 is 1.94 bits per heavy atom. The minimum absolute atomic E-state index is 0.192. The Kier molecular flexibility index (Phi) is 5.39. The van der Waals surface area contributed by atoms with Gasteiger partial charge in [-0.25, -0.2) is 9.20 Å². The normalized spacial score (nSPS) is 12.2. The summed E-state index contributed by atoms with van der Waals surface area (Å²) in [7, 11) is 0. The molecule has 1 aliphatic rings. The molecule has 0 aliphatic carbocycles. The average molecular weight is 447 g/mol. The first-order chi connectivity index (χ1) is 16.1. The molecule has 10 nitrogen and oxygen atoms in total. The summed E-state index contributed by atoms with van der Waals surface area (Å²) in [6.45, 7) is 2.79. The summed E-state index contributed by atoms with van der Waals surface area (Å²) >= 11 is 0. The van der Waals surface area contributed by atoms with Gasteiger partial charge in [-0.15, -0.1) is 0 Å². The number of nitrogens with one attached hydrogen (secondary N) is 1. The summed E-state index contributed by atoms with van der Waals surface area (Å²) in [5.74, 6) is 1.76. The molecule has 0 saturated carbocycles. The van der Waals surface area contributed by atoms with Crippen molar-refractivity contribution >= 4 is 11.4 Å². The van der Waals surface area contributed by atoms with Crippen molar-refractivity contribution in [3.8, 4) is 28.5 Å². The number of ether oxygens (including phenoxy) is 3. The maximum atomic E-state index is 12.9. The number of benzene rings is 2. The van der Waals surface area contributed by atoms with Crippen LogP contribution in [0, 0.1) is 0 Å². The number of hydrogen-bond donors (Lipinski definition) is 1. The Morgan fingerprint density at radius 3 is 2.76 bits per heavy atom. The minimum atomic E-state index is -0.402. The van der Waals surface area contributed by atoms with Crippen LogP contribution in [-0.4, -0.2) is 38.7 Å². The largest absolute Gasteiger partial charge is 0.494 e. The molecule has 0 atom stereocenters. The third-order valence-electron chi connectivity index (χ3n) is 5.17. The van der Waals surface area contributed by atoms with Gasteiger partial charge in [0.1, 0.15) is 24.1 Å². The zero-order valence-electron chi connectivity index (χ0n) is 17.9. The van der Waals surface area contributed by atoms with E-state index in [1.54, 1.807) is 12.1 Å². The van der Waals surface area contributed by atoms with Gasteiger partial charge in [-0.1, -0.05) is 6.07 Å². The standard InChI is InChI=1S/C23H21N5O5/c1-2-31-17-6-4-16(5-7-17)18-10-19-23(30)27(25-13-28(19)26-18)12-22(29)24-11-15-3-8-20-21(9-15)33-14-32-20/h3-10,13H,2,11-12,14H2,1H3,(H,24,29). The molecule has 0 saturated heterocycles. The molecule has 3 heterocycles. The summed E-state index contributed by atoms with van der Waals surface area (Å²) in [6.07, 6.45) is 1.42. The van der Waals surface area contributed by atoms with Crippen molar-refractivity contribution in [1.82, 2.24) is 24.7 Å². The van der Waals surface area contributed by atoms with E-state index in [1.807, 2.05) is 43.3 Å². The number of carbonyl (C=O) groups is 1. The van der Waals surface area contributed by atoms with Gasteiger partial charge in [0.2, 0.25) is 12.7 Å². The number of hydrogen-bond acceptors (Lipinski definition) is 7. The van der Waals surface area contributed by atoms with Gasteiger partial charge in [0, 0.05) is 12.1 Å². The van der Waals surface area contributed by atoms with Crippen molar-refractivity contribution in [3.63, 3.8) is 0 Å². The van der Waals surface area contributed by atoms with Gasteiger partial charge < -0.3 is 19.5 Å². The predicted molar refractivity (Wildman–Crippen MR) is 118 cm³/mol. The molecule has 5 rings (SSSR count). The molecule has 0 radical (unpaired) electrons. The SMILES string of the molecule is CCOc1ccc(-c2cc3c(=O)n(CC(=O)NCc4ccc5c(c4)OCO5)ncn3n2)cc1. The Hall–Kier alpha value is -4.34. The second-order valence-corrected chi connectivity index (χ2v) is 7.37. The molecule has 2 aromatic carbocycles. The summed E-state index contributed by atoms with van der Waals surface area (Å²) in [5, 5.41) is 11.3. The predicted octanol–water partition coefficient (Wildman–Crippen LogP) is 2.00. The zero-order valence-corrected chi connectivity index (χ0v) is 17.9. The van der Waals surface area contributed by atoms with Crippen molar-refractivity contribution in [3.05, 3.63) is 70.8 Å². The molecule has 0 bridgehead atoms. The van der Waals surface area contributed by atoms with Crippen LogP contribution in [-0.2, 0) is 17.9 Å².